The summed E-state index contributed by atoms with van der Waals surface area (Å²) >= 11 is 1.28. The normalized spacial score (nSPS) is 18.6. The van der Waals surface area contributed by atoms with Crippen LogP contribution in [0.25, 0.3) is 0 Å². The molecule has 1 aromatic carbocycles. The molecule has 0 spiro atoms. The zero-order valence-electron chi connectivity index (χ0n) is 15.6. The molecule has 2 fully saturated rings. The summed E-state index contributed by atoms with van der Waals surface area (Å²) in [6.07, 6.45) is -0.309. The van der Waals surface area contributed by atoms with Crippen molar-refractivity contribution in [3.8, 4) is 0 Å². The maximum absolute atomic E-state index is 13.0. The van der Waals surface area contributed by atoms with E-state index >= 15 is 0 Å². The first-order chi connectivity index (χ1) is 13.4. The van der Waals surface area contributed by atoms with Crippen molar-refractivity contribution in [2.75, 3.05) is 31.6 Å². The van der Waals surface area contributed by atoms with E-state index in [9.17, 15) is 14.4 Å². The predicted molar refractivity (Wildman–Crippen MR) is 104 cm³/mol. The van der Waals surface area contributed by atoms with Gasteiger partial charge in [-0.15, -0.1) is 11.3 Å². The van der Waals surface area contributed by atoms with Gasteiger partial charge in [0.05, 0.1) is 17.2 Å². The average molecular weight is 400 g/mol. The first-order valence-corrected chi connectivity index (χ1v) is 9.87. The number of thiazole rings is 1. The molecule has 3 amide bonds. The molecule has 4 rings (SSSR count). The van der Waals surface area contributed by atoms with E-state index in [0.29, 0.717) is 48.1 Å². The van der Waals surface area contributed by atoms with Gasteiger partial charge in [0, 0.05) is 30.9 Å². The van der Waals surface area contributed by atoms with Crippen LogP contribution in [0.1, 0.15) is 31.3 Å². The minimum atomic E-state index is -0.309. The van der Waals surface area contributed by atoms with Crippen molar-refractivity contribution in [1.29, 1.82) is 0 Å². The van der Waals surface area contributed by atoms with Gasteiger partial charge in [-0.25, -0.2) is 9.78 Å². The number of aryl methyl sites for hydroxylation is 2. The van der Waals surface area contributed by atoms with Crippen LogP contribution in [0.15, 0.2) is 23.7 Å². The Morgan fingerprint density at radius 3 is 2.86 bits per heavy atom. The topological polar surface area (TPSA) is 91.8 Å². The maximum atomic E-state index is 13.0. The number of carbonyl (C=O) groups is 3. The van der Waals surface area contributed by atoms with Crippen molar-refractivity contribution in [2.24, 2.45) is 0 Å². The van der Waals surface area contributed by atoms with Gasteiger partial charge in [0.15, 0.2) is 0 Å². The van der Waals surface area contributed by atoms with Gasteiger partial charge < -0.3 is 15.0 Å². The number of fused-ring (bicyclic) bond motifs is 1. The molecule has 1 aromatic heterocycles. The first kappa shape index (κ1) is 18.4. The number of hydrogen-bond acceptors (Lipinski definition) is 6. The van der Waals surface area contributed by atoms with Gasteiger partial charge in [-0.2, -0.15) is 0 Å². The van der Waals surface area contributed by atoms with E-state index in [1.807, 2.05) is 13.0 Å². The van der Waals surface area contributed by atoms with Gasteiger partial charge in [-0.3, -0.25) is 14.5 Å². The number of cyclic esters (lactones) is 1. The van der Waals surface area contributed by atoms with Crippen molar-refractivity contribution in [2.45, 2.75) is 19.9 Å². The molecule has 0 saturated carbocycles. The van der Waals surface area contributed by atoms with E-state index in [2.05, 4.69) is 10.3 Å². The van der Waals surface area contributed by atoms with E-state index in [1.54, 1.807) is 34.4 Å². The highest BCUT2D eigenvalue weighted by Gasteiger charge is 2.38. The number of nitrogens with one attached hydrogen (secondary N) is 1. The third kappa shape index (κ3) is 3.33. The fraction of sp³-hybridized carbons (Fsp3) is 0.368. The summed E-state index contributed by atoms with van der Waals surface area (Å²) in [5, 5.41) is 2.88. The van der Waals surface area contributed by atoms with Crippen LogP contribution in [0.2, 0.25) is 0 Å². The molecular formula is C19H20N4O4S. The van der Waals surface area contributed by atoms with Crippen LogP contribution in [-0.4, -0.2) is 65.0 Å². The van der Waals surface area contributed by atoms with E-state index in [-0.39, 0.29) is 23.9 Å². The number of hydrogen-bond donors (Lipinski definition) is 1. The van der Waals surface area contributed by atoms with Crippen LogP contribution < -0.4 is 5.32 Å². The minimum absolute atomic E-state index is 0.0934. The van der Waals surface area contributed by atoms with Gasteiger partial charge in [-0.05, 0) is 31.5 Å². The molecule has 2 aromatic rings. The zero-order chi connectivity index (χ0) is 19.8. The summed E-state index contributed by atoms with van der Waals surface area (Å²) in [6, 6.07) is 5.19. The Morgan fingerprint density at radius 1 is 1.29 bits per heavy atom. The highest BCUT2D eigenvalue weighted by molar-refractivity contribution is 7.12. The van der Waals surface area contributed by atoms with Crippen LogP contribution >= 0.6 is 11.3 Å². The van der Waals surface area contributed by atoms with E-state index in [4.69, 9.17) is 4.74 Å². The second-order valence-corrected chi connectivity index (χ2v) is 7.78. The summed E-state index contributed by atoms with van der Waals surface area (Å²) in [4.78, 5) is 45.1. The zero-order valence-corrected chi connectivity index (χ0v) is 16.4. The predicted octanol–water partition coefficient (Wildman–Crippen LogP) is 2.29. The molecule has 1 atom stereocenters. The standard InChI is InChI=1S/C19H20N4O4S/c1-11-3-4-13(7-15(11)21-17(24)16-12(2)20-10-28-16)18(25)22-5-6-23-14(8-22)9-27-19(23)26/h3-4,7,10,14H,5-6,8-9H2,1-2H3,(H,21,24). The smallest absolute Gasteiger partial charge is 0.410 e. The number of piperazine rings is 1. The molecule has 2 saturated heterocycles. The van der Waals surface area contributed by atoms with Gasteiger partial charge >= 0.3 is 6.09 Å². The monoisotopic (exact) mass is 400 g/mol. The fourth-order valence-electron chi connectivity index (χ4n) is 3.44. The van der Waals surface area contributed by atoms with E-state index < -0.39 is 0 Å². The SMILES string of the molecule is Cc1ccc(C(=O)N2CCN3C(=O)OCC3C2)cc1NC(=O)c1scnc1C. The quantitative estimate of drug-likeness (QED) is 0.854. The number of nitrogens with zero attached hydrogens (tertiary/aromatic N) is 3. The molecule has 146 valence electrons. The van der Waals surface area contributed by atoms with Crippen molar-refractivity contribution in [1.82, 2.24) is 14.8 Å². The van der Waals surface area contributed by atoms with Crippen LogP contribution in [0, 0.1) is 13.8 Å². The Kier molecular flexibility index (Phi) is 4.76. The van der Waals surface area contributed by atoms with E-state index in [1.165, 1.54) is 11.3 Å². The molecule has 0 radical (unpaired) electrons. The van der Waals surface area contributed by atoms with Gasteiger partial charge in [0.1, 0.15) is 11.5 Å². The fourth-order valence-corrected chi connectivity index (χ4v) is 4.14. The van der Waals surface area contributed by atoms with Crippen LogP contribution in [0.4, 0.5) is 10.5 Å². The molecule has 9 heteroatoms. The Labute approximate surface area is 166 Å². The summed E-state index contributed by atoms with van der Waals surface area (Å²) < 4.78 is 5.05. The molecule has 3 heterocycles. The summed E-state index contributed by atoms with van der Waals surface area (Å²) in [7, 11) is 0. The second-order valence-electron chi connectivity index (χ2n) is 6.93. The number of carbonyl (C=O) groups excluding carboxylic acids is 3. The van der Waals surface area contributed by atoms with Gasteiger partial charge in [0.2, 0.25) is 0 Å². The largest absolute Gasteiger partial charge is 0.447 e. The molecule has 2 aliphatic rings. The highest BCUT2D eigenvalue weighted by atomic mass is 32.1. The summed E-state index contributed by atoms with van der Waals surface area (Å²) in [5.74, 6) is -0.355. The second kappa shape index (κ2) is 7.23. The first-order valence-electron chi connectivity index (χ1n) is 8.99. The van der Waals surface area contributed by atoms with Gasteiger partial charge in [-0.1, -0.05) is 6.07 Å². The lowest BCUT2D eigenvalue weighted by molar-refractivity contribution is 0.0617. The van der Waals surface area contributed by atoms with Crippen LogP contribution in [0.5, 0.6) is 0 Å². The van der Waals surface area contributed by atoms with Crippen molar-refractivity contribution in [3.63, 3.8) is 0 Å². The lowest BCUT2D eigenvalue weighted by Crippen LogP contribution is -2.53. The van der Waals surface area contributed by atoms with Gasteiger partial charge in [0.25, 0.3) is 11.8 Å². The molecule has 2 aliphatic heterocycles. The van der Waals surface area contributed by atoms with Crippen molar-refractivity contribution < 1.29 is 19.1 Å². The molecule has 1 unspecified atom stereocenters. The Balaban J connectivity index is 1.50. The molecular weight excluding hydrogens is 380 g/mol. The van der Waals surface area contributed by atoms with Crippen LogP contribution in [-0.2, 0) is 4.74 Å². The lowest BCUT2D eigenvalue weighted by atomic mass is 10.1. The average Bonchev–Trinajstić information content (AvgIpc) is 3.28. The molecule has 8 nitrogen and oxygen atoms in total. The number of ether oxygens (including phenoxy) is 1. The Bertz CT molecular complexity index is 957. The maximum Gasteiger partial charge on any atom is 0.410 e. The number of benzene rings is 1. The van der Waals surface area contributed by atoms with Crippen molar-refractivity contribution in [3.05, 3.63) is 45.4 Å². The summed E-state index contributed by atoms with van der Waals surface area (Å²) in [6.45, 7) is 5.35. The minimum Gasteiger partial charge on any atom is -0.447 e. The van der Waals surface area contributed by atoms with E-state index in [0.717, 1.165) is 5.56 Å². The third-order valence-corrected chi connectivity index (χ3v) is 6.02. The highest BCUT2D eigenvalue weighted by Crippen LogP contribution is 2.23. The molecule has 1 N–H and O–H groups in total. The third-order valence-electron chi connectivity index (χ3n) is 5.09. The van der Waals surface area contributed by atoms with Crippen LogP contribution in [0.3, 0.4) is 0 Å². The molecule has 0 bridgehead atoms. The number of rotatable bonds is 3. The summed E-state index contributed by atoms with van der Waals surface area (Å²) in [5.41, 5.74) is 4.28. The molecule has 0 aliphatic carbocycles. The Morgan fingerprint density at radius 2 is 2.11 bits per heavy atom. The lowest BCUT2D eigenvalue weighted by Gasteiger charge is -2.35. The number of aromatic nitrogens is 1. The number of amides is 3. The van der Waals surface area contributed by atoms with Crippen molar-refractivity contribution >= 4 is 34.9 Å². The Hall–Kier alpha value is -2.94. The number of anilines is 1. The molecule has 28 heavy (non-hydrogen) atoms.